The van der Waals surface area contributed by atoms with Crippen molar-refractivity contribution < 1.29 is 47.9 Å². The maximum atomic E-state index is 11.4. The molecule has 128 valence electrons. The zero-order valence-corrected chi connectivity index (χ0v) is 18.0. The number of carboxylic acids is 1. The van der Waals surface area contributed by atoms with E-state index in [0.29, 0.717) is 11.3 Å². The number of sulfonamides is 1. The Morgan fingerprint density at radius 1 is 1.08 bits per heavy atom. The predicted molar refractivity (Wildman–Crippen MR) is 92.4 cm³/mol. The summed E-state index contributed by atoms with van der Waals surface area (Å²) < 4.78 is 24.8. The van der Waals surface area contributed by atoms with Crippen LogP contribution in [0.3, 0.4) is 0 Å². The normalized spacial score (nSPS) is 11.0. The van der Waals surface area contributed by atoms with Crippen molar-refractivity contribution >= 4 is 31.9 Å². The van der Waals surface area contributed by atoms with E-state index in [1.165, 1.54) is 35.1 Å². The number of nitrogens with two attached hydrogens (primary N) is 1. The van der Waals surface area contributed by atoms with Gasteiger partial charge in [0.15, 0.2) is 0 Å². The maximum absolute atomic E-state index is 11.4. The summed E-state index contributed by atoms with van der Waals surface area (Å²) in [6.45, 7) is 0. The van der Waals surface area contributed by atoms with Gasteiger partial charge in [0.05, 0.1) is 16.6 Å². The second-order valence-electron chi connectivity index (χ2n) is 5.17. The first-order chi connectivity index (χ1) is 11.8. The van der Waals surface area contributed by atoms with Gasteiger partial charge in [0.2, 0.25) is 10.0 Å². The molecule has 3 rings (SSSR count). The Kier molecular flexibility index (Phi) is 6.43. The van der Waals surface area contributed by atoms with Gasteiger partial charge in [0, 0.05) is 21.8 Å². The standard InChI is InChI=1S/C16H12BrN3O4S.Na/c17-11-3-1-10(2-4-11)15-14(16(21)22)9-20(19-15)12-5-7-13(8-6-12)25(18,23)24;/h1-9H,(H,21,22)(H2,18,23,24);/q;+1/p-1. The summed E-state index contributed by atoms with van der Waals surface area (Å²) in [5.74, 6) is -1.36. The summed E-state index contributed by atoms with van der Waals surface area (Å²) in [7, 11) is -3.80. The molecule has 0 saturated heterocycles. The second-order valence-corrected chi connectivity index (χ2v) is 7.65. The largest absolute Gasteiger partial charge is 1.00 e. The molecule has 10 heteroatoms. The molecule has 0 radical (unpaired) electrons. The number of aromatic carboxylic acids is 1. The number of halogens is 1. The van der Waals surface area contributed by atoms with E-state index in [9.17, 15) is 18.3 Å². The van der Waals surface area contributed by atoms with Crippen LogP contribution in [0, 0.1) is 0 Å². The molecule has 0 aliphatic rings. The number of benzene rings is 2. The summed E-state index contributed by atoms with van der Waals surface area (Å²) in [6, 6.07) is 12.6. The first kappa shape index (κ1) is 20.8. The summed E-state index contributed by atoms with van der Waals surface area (Å²) in [5, 5.41) is 20.8. The van der Waals surface area contributed by atoms with Crippen molar-refractivity contribution in [1.29, 1.82) is 0 Å². The Balaban J connectivity index is 0.00000243. The maximum Gasteiger partial charge on any atom is 1.00 e. The van der Waals surface area contributed by atoms with Crippen molar-refractivity contribution in [2.75, 3.05) is 0 Å². The summed E-state index contributed by atoms with van der Waals surface area (Å²) in [4.78, 5) is 11.4. The third-order valence-electron chi connectivity index (χ3n) is 3.48. The fraction of sp³-hybridized carbons (Fsp3) is 0. The van der Waals surface area contributed by atoms with E-state index >= 15 is 0 Å². The Morgan fingerprint density at radius 2 is 1.65 bits per heavy atom. The number of aromatic nitrogens is 2. The quantitative estimate of drug-likeness (QED) is 0.483. The van der Waals surface area contributed by atoms with Crippen molar-refractivity contribution in [3.05, 3.63) is 64.8 Å². The minimum absolute atomic E-state index is 0. The van der Waals surface area contributed by atoms with Gasteiger partial charge in [-0.15, -0.1) is 0 Å². The number of hydrogen-bond acceptors (Lipinski definition) is 5. The molecule has 3 aromatic rings. The number of rotatable bonds is 4. The Bertz CT molecular complexity index is 1050. The van der Waals surface area contributed by atoms with Gasteiger partial charge >= 0.3 is 29.6 Å². The Hall–Kier alpha value is -1.49. The SMILES string of the molecule is NS(=O)(=O)c1ccc(-n2cc(C(=O)[O-])c(-c3ccc(Br)cc3)n2)cc1.[Na+]. The molecule has 0 amide bonds. The van der Waals surface area contributed by atoms with Gasteiger partial charge < -0.3 is 9.90 Å². The number of nitrogens with zero attached hydrogens (tertiary/aromatic N) is 2. The molecule has 7 nitrogen and oxygen atoms in total. The van der Waals surface area contributed by atoms with Crippen LogP contribution in [-0.4, -0.2) is 24.2 Å². The molecule has 0 aliphatic heterocycles. The fourth-order valence-electron chi connectivity index (χ4n) is 2.27. The van der Waals surface area contributed by atoms with Crippen LogP contribution in [-0.2, 0) is 10.0 Å². The van der Waals surface area contributed by atoms with Crippen LogP contribution in [0.15, 0.2) is 64.1 Å². The molecule has 2 N–H and O–H groups in total. The van der Waals surface area contributed by atoms with Gasteiger partial charge in [-0.3, -0.25) is 0 Å². The van der Waals surface area contributed by atoms with Crippen molar-refractivity contribution in [3.8, 4) is 16.9 Å². The van der Waals surface area contributed by atoms with Crippen LogP contribution >= 0.6 is 15.9 Å². The molecule has 0 saturated carbocycles. The van der Waals surface area contributed by atoms with Gasteiger partial charge in [0.1, 0.15) is 5.69 Å². The monoisotopic (exact) mass is 443 g/mol. The minimum atomic E-state index is -3.80. The zero-order valence-electron chi connectivity index (χ0n) is 13.6. The van der Waals surface area contributed by atoms with Crippen LogP contribution < -0.4 is 39.8 Å². The summed E-state index contributed by atoms with van der Waals surface area (Å²) in [5.41, 5.74) is 1.28. The molecule has 0 fully saturated rings. The molecule has 0 spiro atoms. The number of primary sulfonamides is 1. The molecule has 0 atom stereocenters. The first-order valence-electron chi connectivity index (χ1n) is 6.96. The van der Waals surface area contributed by atoms with Gasteiger partial charge in [-0.1, -0.05) is 28.1 Å². The molecular formula is C16H11BrN3NaO4S. The summed E-state index contributed by atoms with van der Waals surface area (Å²) >= 11 is 3.32. The third-order valence-corrected chi connectivity index (χ3v) is 4.94. The van der Waals surface area contributed by atoms with E-state index in [4.69, 9.17) is 5.14 Å². The third kappa shape index (κ3) is 4.43. The first-order valence-corrected chi connectivity index (χ1v) is 9.30. The molecule has 0 aliphatic carbocycles. The van der Waals surface area contributed by atoms with Crippen LogP contribution in [0.4, 0.5) is 0 Å². The topological polar surface area (TPSA) is 118 Å². The van der Waals surface area contributed by atoms with E-state index in [1.54, 1.807) is 24.3 Å². The van der Waals surface area contributed by atoms with E-state index in [-0.39, 0.29) is 45.7 Å². The van der Waals surface area contributed by atoms with Gasteiger partial charge in [-0.2, -0.15) is 5.10 Å². The van der Waals surface area contributed by atoms with Crippen molar-refractivity contribution in [3.63, 3.8) is 0 Å². The van der Waals surface area contributed by atoms with E-state index in [0.717, 1.165) is 4.47 Å². The number of hydrogen-bond donors (Lipinski definition) is 1. The van der Waals surface area contributed by atoms with E-state index in [2.05, 4.69) is 21.0 Å². The molecule has 26 heavy (non-hydrogen) atoms. The van der Waals surface area contributed by atoms with Gasteiger partial charge in [0.25, 0.3) is 0 Å². The average Bonchev–Trinajstić information content (AvgIpc) is 3.00. The Morgan fingerprint density at radius 3 is 2.15 bits per heavy atom. The smallest absolute Gasteiger partial charge is 0.545 e. The Labute approximate surface area is 180 Å². The predicted octanol–water partition coefficient (Wildman–Crippen LogP) is -1.68. The van der Waals surface area contributed by atoms with Crippen LogP contribution in [0.25, 0.3) is 16.9 Å². The van der Waals surface area contributed by atoms with Crippen LogP contribution in [0.1, 0.15) is 10.4 Å². The van der Waals surface area contributed by atoms with Crippen LogP contribution in [0.2, 0.25) is 0 Å². The minimum Gasteiger partial charge on any atom is -0.545 e. The molecule has 0 bridgehead atoms. The van der Waals surface area contributed by atoms with Crippen LogP contribution in [0.5, 0.6) is 0 Å². The molecule has 1 heterocycles. The van der Waals surface area contributed by atoms with E-state index in [1.807, 2.05) is 0 Å². The summed E-state index contributed by atoms with van der Waals surface area (Å²) in [6.07, 6.45) is 1.32. The van der Waals surface area contributed by atoms with E-state index < -0.39 is 16.0 Å². The average molecular weight is 444 g/mol. The van der Waals surface area contributed by atoms with Gasteiger partial charge in [-0.05, 0) is 36.4 Å². The molecule has 1 aromatic heterocycles. The second kappa shape index (κ2) is 8.03. The van der Waals surface area contributed by atoms with Crippen molar-refractivity contribution in [2.45, 2.75) is 4.90 Å². The van der Waals surface area contributed by atoms with Gasteiger partial charge in [-0.25, -0.2) is 18.2 Å². The van der Waals surface area contributed by atoms with Crippen molar-refractivity contribution in [2.24, 2.45) is 5.14 Å². The fourth-order valence-corrected chi connectivity index (χ4v) is 3.04. The number of carboxylic acid groups (broad SMARTS) is 1. The molecular weight excluding hydrogens is 433 g/mol. The molecule has 2 aromatic carbocycles. The number of carbonyl (C=O) groups excluding carboxylic acids is 1. The van der Waals surface area contributed by atoms with Crippen molar-refractivity contribution in [1.82, 2.24) is 9.78 Å². The molecule has 0 unspecified atom stereocenters. The zero-order chi connectivity index (χ0) is 18.2. The number of carbonyl (C=O) groups is 1.